The highest BCUT2D eigenvalue weighted by atomic mass is 32.1. The van der Waals surface area contributed by atoms with Gasteiger partial charge in [0.25, 0.3) is 0 Å². The highest BCUT2D eigenvalue weighted by molar-refractivity contribution is 7.27. The molecule has 0 spiro atoms. The van der Waals surface area contributed by atoms with E-state index in [1.165, 1.54) is 152 Å². The third kappa shape index (κ3) is 13.2. The van der Waals surface area contributed by atoms with Crippen LogP contribution in [0.5, 0.6) is 0 Å². The minimum atomic E-state index is 0.700. The number of benzene rings is 20. The number of hydrogen-bond donors (Lipinski definition) is 0. The lowest BCUT2D eigenvalue weighted by atomic mass is 9.87. The van der Waals surface area contributed by atoms with Gasteiger partial charge in [0.1, 0.15) is 0 Å². The molecule has 32 rings (SSSR count). The van der Waals surface area contributed by atoms with Crippen LogP contribution in [0.15, 0.2) is 462 Å². The lowest BCUT2D eigenvalue weighted by molar-refractivity contribution is 1.22. The Morgan fingerprint density at radius 2 is 0.582 bits per heavy atom. The second-order valence-corrected chi connectivity index (χ2v) is 40.4. The zero-order valence-electron chi connectivity index (χ0n) is 78.0. The van der Waals surface area contributed by atoms with Crippen LogP contribution in [0.3, 0.4) is 0 Å². The summed E-state index contributed by atoms with van der Waals surface area (Å²) in [6.07, 6.45) is 9.20. The largest absolute Gasteiger partial charge is 0.309 e. The van der Waals surface area contributed by atoms with Crippen molar-refractivity contribution in [3.8, 4) is 101 Å². The fourth-order valence-corrected chi connectivity index (χ4v) is 26.2. The predicted octanol–water partition coefficient (Wildman–Crippen LogP) is 36.3. The first kappa shape index (κ1) is 83.1. The van der Waals surface area contributed by atoms with Gasteiger partial charge in [-0.15, -0.1) is 34.0 Å². The molecule has 0 aliphatic carbocycles. The molecule has 29 aromatic rings. The van der Waals surface area contributed by atoms with Gasteiger partial charge in [0.15, 0.2) is 17.5 Å². The van der Waals surface area contributed by atoms with Gasteiger partial charge in [-0.2, -0.15) is 0 Å². The maximum absolute atomic E-state index is 5.31. The molecule has 146 heavy (non-hydrogen) atoms. The van der Waals surface area contributed by atoms with Crippen molar-refractivity contribution in [2.75, 3.05) is 14.7 Å². The summed E-state index contributed by atoms with van der Waals surface area (Å²) in [5, 5.41) is 21.9. The minimum Gasteiger partial charge on any atom is -0.309 e. The van der Waals surface area contributed by atoms with Crippen molar-refractivity contribution in [1.29, 1.82) is 0 Å². The van der Waals surface area contributed by atoms with Crippen LogP contribution < -0.4 is 14.7 Å². The van der Waals surface area contributed by atoms with E-state index in [1.54, 1.807) is 40.2 Å². The van der Waals surface area contributed by atoms with Gasteiger partial charge in [0, 0.05) is 150 Å². The molecule has 3 aliphatic rings. The van der Waals surface area contributed by atoms with Gasteiger partial charge in [-0.1, -0.05) is 297 Å². The molecule has 0 bridgehead atoms. The van der Waals surface area contributed by atoms with Gasteiger partial charge >= 0.3 is 0 Å². The third-order valence-corrected chi connectivity index (χ3v) is 32.7. The molecular formula is C131H76N12S3. The second kappa shape index (κ2) is 33.5. The molecule has 15 heteroatoms. The predicted molar refractivity (Wildman–Crippen MR) is 612 cm³/mol. The van der Waals surface area contributed by atoms with Crippen LogP contribution in [0.1, 0.15) is 0 Å². The maximum Gasteiger partial charge on any atom is 0.160 e. The summed E-state index contributed by atoms with van der Waals surface area (Å²) in [5.41, 5.74) is 30.6. The molecule has 0 saturated carbocycles. The van der Waals surface area contributed by atoms with Crippen molar-refractivity contribution >= 4 is 232 Å². The average Bonchev–Trinajstić information content (AvgIpc) is 0.800. The normalized spacial score (nSPS) is 12.3. The molecule has 0 amide bonds. The van der Waals surface area contributed by atoms with Crippen LogP contribution in [0.25, 0.3) is 249 Å². The Hall–Kier alpha value is -18.8. The van der Waals surface area contributed by atoms with Gasteiger partial charge in [0.05, 0.1) is 93.1 Å². The molecule has 0 atom stereocenters. The van der Waals surface area contributed by atoms with Gasteiger partial charge in [-0.3, -0.25) is 15.0 Å². The van der Waals surface area contributed by atoms with E-state index in [0.717, 1.165) is 131 Å². The summed E-state index contributed by atoms with van der Waals surface area (Å²) in [6.45, 7) is 0. The van der Waals surface area contributed by atoms with Crippen molar-refractivity contribution in [3.63, 3.8) is 0 Å². The third-order valence-electron chi connectivity index (χ3n) is 29.2. The van der Waals surface area contributed by atoms with Crippen LogP contribution in [0.2, 0.25) is 0 Å². The summed E-state index contributed by atoms with van der Waals surface area (Å²) < 4.78 is 6.85. The van der Waals surface area contributed by atoms with E-state index < -0.39 is 0 Å². The molecule has 0 unspecified atom stereocenters. The Balaban J connectivity index is 0.000000102. The van der Waals surface area contributed by atoms with Gasteiger partial charge < -0.3 is 14.7 Å². The molecule has 0 fully saturated rings. The molecule has 0 N–H and O–H groups in total. The molecule has 12 nitrogen and oxygen atoms in total. The van der Waals surface area contributed by atoms with E-state index in [1.807, 2.05) is 49.1 Å². The first-order valence-electron chi connectivity index (χ1n) is 48.9. The summed E-state index contributed by atoms with van der Waals surface area (Å²) in [4.78, 5) is 52.2. The number of thiophene rings is 3. The number of aromatic nitrogens is 9. The summed E-state index contributed by atoms with van der Waals surface area (Å²) in [6, 6.07) is 154. The molecule has 20 aromatic carbocycles. The summed E-state index contributed by atoms with van der Waals surface area (Å²) >= 11 is 5.22. The number of para-hydroxylation sites is 1. The van der Waals surface area contributed by atoms with E-state index in [-0.39, 0.29) is 0 Å². The number of anilines is 9. The van der Waals surface area contributed by atoms with Crippen molar-refractivity contribution in [2.45, 2.75) is 0 Å². The number of nitrogens with zero attached hydrogens (tertiary/aromatic N) is 12. The smallest absolute Gasteiger partial charge is 0.160 e. The van der Waals surface area contributed by atoms with Gasteiger partial charge in [0.2, 0.25) is 0 Å². The number of rotatable bonds is 9. The molecule has 0 radical (unpaired) electrons. The topological polar surface area (TPSA) is 126 Å². The van der Waals surface area contributed by atoms with E-state index in [9.17, 15) is 0 Å². The maximum atomic E-state index is 5.31. The summed E-state index contributed by atoms with van der Waals surface area (Å²) in [5.74, 6) is 2.12. The lowest BCUT2D eigenvalue weighted by Gasteiger charge is -2.35. The van der Waals surface area contributed by atoms with Crippen LogP contribution >= 0.6 is 34.0 Å². The molecule has 678 valence electrons. The SMILES string of the molecule is c1cc(N2c3ccc4ccccc4c3-c3cccc4cccc2c34)c2ccc(-c3nc(-c4ccncc4)c4sc5ccccc5c4n3)cc2c1.c1ccc2c3c(ccc2c1)N(c1ccc(-c2nc(-c4cccc5cccnc45)c4sc5ccccc5c4n2)cc1)c1cccc2cccc-3c12.c1cncc(-c2nc(-c3cccc(N4c5ccc6ccccc6c5-c5cccc6cccc4c56)c3)nc3c2sc2ccccc23)c1. The number of fused-ring (bicyclic) bond motifs is 23. The fourth-order valence-electron chi connectivity index (χ4n) is 22.7. The molecule has 9 aromatic heterocycles. The first-order valence-corrected chi connectivity index (χ1v) is 51.4. The minimum absolute atomic E-state index is 0.700. The molecular weight excluding hydrogens is 1840 g/mol. The van der Waals surface area contributed by atoms with Crippen molar-refractivity contribution in [2.24, 2.45) is 0 Å². The van der Waals surface area contributed by atoms with Crippen LogP contribution in [-0.2, 0) is 0 Å². The van der Waals surface area contributed by atoms with E-state index in [4.69, 9.17) is 34.9 Å². The highest BCUT2D eigenvalue weighted by Crippen LogP contribution is 2.59. The van der Waals surface area contributed by atoms with Crippen molar-refractivity contribution < 1.29 is 0 Å². The Kier molecular flexibility index (Phi) is 19.0. The number of pyridine rings is 3. The van der Waals surface area contributed by atoms with Gasteiger partial charge in [-0.25, -0.2) is 29.9 Å². The second-order valence-electron chi connectivity index (χ2n) is 37.3. The Morgan fingerprint density at radius 3 is 1.11 bits per heavy atom. The lowest BCUT2D eigenvalue weighted by Crippen LogP contribution is -2.15. The average molecular weight is 1910 g/mol. The van der Waals surface area contributed by atoms with Crippen molar-refractivity contribution in [3.05, 3.63) is 462 Å². The monoisotopic (exact) mass is 1910 g/mol. The summed E-state index contributed by atoms with van der Waals surface area (Å²) in [7, 11) is 0. The Morgan fingerprint density at radius 1 is 0.192 bits per heavy atom. The quantitative estimate of drug-likeness (QED) is 0.137. The standard InChI is InChI=1S/2C45H26N4S.C41H24N4S/c1-2-14-32-27(9-1)22-25-37-40(32)34-16-5-10-28-11-7-18-36(39(28)34)49(37)31-23-20-30(21-24-31)45-47-42-33-15-3-4-19-38(33)50-44(42)43(48-45)35-17-6-12-29-13-8-26-46-41(29)35;1-2-12-33-27(8-1)19-21-38-41(33)35-14-5-9-28-10-6-16-37(40(28)35)49(38)36-15-7-11-30-26-31(18-20-32(30)36)45-47-42(29-22-24-46-25-23-29)44-43(48-45)34-13-3-4-17-39(34)50-44;1-2-15-30-25(9-1)20-21-34-37(30)32-17-6-10-26-11-7-18-33(36(26)32)45(34)29-14-5-12-27(23-29)41-43-38(28-13-8-22-42-24-28)40-39(44-41)31-16-3-4-19-35(31)46-40/h2*1-26H;1-24H. The Labute approximate surface area is 848 Å². The van der Waals surface area contributed by atoms with Crippen molar-refractivity contribution in [1.82, 2.24) is 44.9 Å². The zero-order chi connectivity index (χ0) is 95.7. The molecule has 12 heterocycles. The van der Waals surface area contributed by atoms with Crippen LogP contribution in [0, 0.1) is 0 Å². The zero-order valence-corrected chi connectivity index (χ0v) is 80.4. The highest BCUT2D eigenvalue weighted by Gasteiger charge is 2.34. The van der Waals surface area contributed by atoms with E-state index in [0.29, 0.717) is 17.5 Å². The number of hydrogen-bond acceptors (Lipinski definition) is 15. The van der Waals surface area contributed by atoms with Crippen LogP contribution in [0.4, 0.5) is 51.2 Å². The van der Waals surface area contributed by atoms with Gasteiger partial charge in [-0.05, 0) is 204 Å². The fraction of sp³-hybridized carbons (Fsp3) is 0. The van der Waals surface area contributed by atoms with Crippen LogP contribution in [-0.4, -0.2) is 44.9 Å². The van der Waals surface area contributed by atoms with E-state index >= 15 is 0 Å². The molecule has 0 saturated heterocycles. The first-order chi connectivity index (χ1) is 72.4. The molecule has 3 aliphatic heterocycles. The Bertz CT molecular complexity index is 10500. The van der Waals surface area contributed by atoms with E-state index in [2.05, 4.69) is 431 Å².